The summed E-state index contributed by atoms with van der Waals surface area (Å²) in [7, 11) is 0. The van der Waals surface area contributed by atoms with Gasteiger partial charge in [-0.05, 0) is 30.7 Å². The minimum Gasteiger partial charge on any atom is -0.489 e. The number of pyridine rings is 2. The number of halogens is 3. The summed E-state index contributed by atoms with van der Waals surface area (Å²) in [5, 5.41) is 30.6. The first-order valence-corrected chi connectivity index (χ1v) is 13.0. The lowest BCUT2D eigenvalue weighted by Gasteiger charge is -2.35. The fraction of sp³-hybridized carbons (Fsp3) is 0.310. The molecule has 10 nitrogen and oxygen atoms in total. The number of aliphatic hydroxyl groups is 1. The number of nitriles is 1. The van der Waals surface area contributed by atoms with Crippen molar-refractivity contribution in [3.05, 3.63) is 78.2 Å². The van der Waals surface area contributed by atoms with Crippen LogP contribution < -0.4 is 9.64 Å². The number of carbonyl (C=O) groups is 1. The van der Waals surface area contributed by atoms with E-state index in [2.05, 4.69) is 51.3 Å². The molecule has 1 fully saturated rings. The fourth-order valence-corrected chi connectivity index (χ4v) is 4.40. The lowest BCUT2D eigenvalue weighted by Crippen LogP contribution is -2.46. The molecule has 4 heterocycles. The van der Waals surface area contributed by atoms with Gasteiger partial charge in [-0.25, -0.2) is 14.3 Å². The second kappa shape index (κ2) is 13.3. The molecule has 0 radical (unpaired) electrons. The van der Waals surface area contributed by atoms with Crippen LogP contribution in [0.25, 0.3) is 16.6 Å². The Labute approximate surface area is 239 Å². The Hall–Kier alpha value is -4.67. The second-order valence-corrected chi connectivity index (χ2v) is 9.67. The number of nitrogens with zero attached hydrogens (tertiary/aromatic N) is 6. The number of rotatable bonds is 7. The van der Waals surface area contributed by atoms with Crippen LogP contribution in [0.5, 0.6) is 5.75 Å². The van der Waals surface area contributed by atoms with Crippen LogP contribution in [0.3, 0.4) is 0 Å². The van der Waals surface area contributed by atoms with Gasteiger partial charge in [-0.2, -0.15) is 23.5 Å². The normalized spacial score (nSPS) is 14.5. The van der Waals surface area contributed by atoms with Crippen molar-refractivity contribution in [3.63, 3.8) is 0 Å². The van der Waals surface area contributed by atoms with Crippen molar-refractivity contribution in [2.45, 2.75) is 25.7 Å². The molecular weight excluding hydrogens is 553 g/mol. The van der Waals surface area contributed by atoms with Crippen LogP contribution in [0.2, 0.25) is 0 Å². The number of piperazine rings is 1. The molecule has 0 saturated carbocycles. The molecule has 0 spiro atoms. The van der Waals surface area contributed by atoms with Crippen LogP contribution in [0, 0.1) is 11.3 Å². The van der Waals surface area contributed by atoms with E-state index in [9.17, 15) is 23.5 Å². The maximum Gasteiger partial charge on any atom is 0.490 e. The summed E-state index contributed by atoms with van der Waals surface area (Å²) in [5.41, 5.74) is 4.22. The standard InChI is InChI=1S/C27H28N6O2.C2HF3O2/c1-20(34)19-35-24-13-25(27-23(14-28)16-30-33(27)18-24)22-7-8-26(29-15-22)32-11-9-31(10-12-32)17-21-5-3-2-4-6-21;3-2(4,5)1(6)7/h2-8,13,15-16,18,20,34H,9-12,17,19H2,1H3;(H,6,7)/t20-;/m1./s1. The number of anilines is 1. The highest BCUT2D eigenvalue weighted by Crippen LogP contribution is 2.31. The molecule has 4 aromatic rings. The monoisotopic (exact) mass is 582 g/mol. The molecule has 0 bridgehead atoms. The molecule has 0 amide bonds. The number of carboxylic acids is 1. The molecule has 5 rings (SSSR count). The zero-order valence-corrected chi connectivity index (χ0v) is 22.7. The smallest absolute Gasteiger partial charge is 0.489 e. The molecule has 220 valence electrons. The lowest BCUT2D eigenvalue weighted by atomic mass is 10.1. The van der Waals surface area contributed by atoms with Gasteiger partial charge in [0.05, 0.1) is 29.6 Å². The Morgan fingerprint density at radius 1 is 1.12 bits per heavy atom. The van der Waals surface area contributed by atoms with Gasteiger partial charge in [0.15, 0.2) is 0 Å². The van der Waals surface area contributed by atoms with E-state index in [1.54, 1.807) is 23.8 Å². The van der Waals surface area contributed by atoms with E-state index in [4.69, 9.17) is 19.6 Å². The number of aromatic nitrogens is 3. The van der Waals surface area contributed by atoms with E-state index >= 15 is 0 Å². The maximum atomic E-state index is 10.6. The van der Waals surface area contributed by atoms with Gasteiger partial charge >= 0.3 is 12.1 Å². The Balaban J connectivity index is 0.000000517. The number of carboxylic acid groups (broad SMARTS) is 1. The van der Waals surface area contributed by atoms with Crippen LogP contribution in [0.4, 0.5) is 19.0 Å². The SMILES string of the molecule is C[C@@H](O)COc1cc(-c2ccc(N3CCN(Cc4ccccc4)CC3)nc2)c2c(C#N)cnn2c1.O=C(O)C(F)(F)F. The summed E-state index contributed by atoms with van der Waals surface area (Å²) in [6.07, 6.45) is -0.559. The van der Waals surface area contributed by atoms with Crippen molar-refractivity contribution in [2.75, 3.05) is 37.7 Å². The average molecular weight is 583 g/mol. The minimum absolute atomic E-state index is 0.171. The summed E-state index contributed by atoms with van der Waals surface area (Å²) >= 11 is 0. The van der Waals surface area contributed by atoms with Crippen LogP contribution in [0.15, 0.2) is 67.1 Å². The Morgan fingerprint density at radius 3 is 2.38 bits per heavy atom. The first-order valence-electron chi connectivity index (χ1n) is 13.0. The molecule has 13 heteroatoms. The fourth-order valence-electron chi connectivity index (χ4n) is 4.40. The van der Waals surface area contributed by atoms with Gasteiger partial charge in [-0.3, -0.25) is 4.90 Å². The molecule has 1 aliphatic heterocycles. The molecule has 1 saturated heterocycles. The second-order valence-electron chi connectivity index (χ2n) is 9.67. The van der Waals surface area contributed by atoms with Crippen molar-refractivity contribution >= 4 is 17.3 Å². The first kappa shape index (κ1) is 30.3. The molecule has 2 N–H and O–H groups in total. The molecule has 0 aliphatic carbocycles. The van der Waals surface area contributed by atoms with Gasteiger partial charge < -0.3 is 19.8 Å². The van der Waals surface area contributed by atoms with Crippen molar-refractivity contribution in [1.82, 2.24) is 19.5 Å². The van der Waals surface area contributed by atoms with E-state index < -0.39 is 18.2 Å². The van der Waals surface area contributed by atoms with Crippen molar-refractivity contribution < 1.29 is 32.9 Å². The highest BCUT2D eigenvalue weighted by atomic mass is 19.4. The van der Waals surface area contributed by atoms with E-state index in [-0.39, 0.29) is 6.61 Å². The number of aliphatic hydroxyl groups excluding tert-OH is 1. The molecule has 1 atom stereocenters. The molecular formula is C29H29F3N6O4. The highest BCUT2D eigenvalue weighted by molar-refractivity contribution is 5.85. The third kappa shape index (κ3) is 7.74. The average Bonchev–Trinajstić information content (AvgIpc) is 3.40. The molecule has 3 aromatic heterocycles. The quantitative estimate of drug-likeness (QED) is 0.333. The Bertz CT molecular complexity index is 1530. The number of benzene rings is 1. The zero-order chi connectivity index (χ0) is 30.3. The predicted octanol–water partition coefficient (Wildman–Crippen LogP) is 3.98. The van der Waals surface area contributed by atoms with Crippen LogP contribution in [-0.2, 0) is 11.3 Å². The third-order valence-corrected chi connectivity index (χ3v) is 6.45. The van der Waals surface area contributed by atoms with Gasteiger partial charge in [0.25, 0.3) is 0 Å². The summed E-state index contributed by atoms with van der Waals surface area (Å²) in [6.45, 7) is 6.64. The van der Waals surface area contributed by atoms with Crippen LogP contribution in [-0.4, -0.2) is 80.7 Å². The minimum atomic E-state index is -5.08. The molecule has 1 aliphatic rings. The highest BCUT2D eigenvalue weighted by Gasteiger charge is 2.38. The van der Waals surface area contributed by atoms with E-state index in [1.165, 1.54) is 5.56 Å². The number of ether oxygens (including phenoxy) is 1. The van der Waals surface area contributed by atoms with Crippen molar-refractivity contribution in [2.24, 2.45) is 0 Å². The van der Waals surface area contributed by atoms with Crippen LogP contribution in [0.1, 0.15) is 18.1 Å². The van der Waals surface area contributed by atoms with E-state index in [0.29, 0.717) is 16.8 Å². The number of fused-ring (bicyclic) bond motifs is 1. The first-order chi connectivity index (χ1) is 20.0. The van der Waals surface area contributed by atoms with Crippen molar-refractivity contribution in [1.29, 1.82) is 5.26 Å². The number of hydrogen-bond acceptors (Lipinski definition) is 8. The topological polar surface area (TPSA) is 127 Å². The van der Waals surface area contributed by atoms with Gasteiger partial charge in [-0.15, -0.1) is 0 Å². The summed E-state index contributed by atoms with van der Waals surface area (Å²) in [6, 6.07) is 18.7. The van der Waals surface area contributed by atoms with Gasteiger partial charge in [0, 0.05) is 50.0 Å². The maximum absolute atomic E-state index is 10.6. The van der Waals surface area contributed by atoms with Gasteiger partial charge in [-0.1, -0.05) is 30.3 Å². The molecule has 0 unspecified atom stereocenters. The number of aliphatic carboxylic acids is 1. The summed E-state index contributed by atoms with van der Waals surface area (Å²) in [5.74, 6) is -1.24. The molecule has 42 heavy (non-hydrogen) atoms. The summed E-state index contributed by atoms with van der Waals surface area (Å²) in [4.78, 5) is 18.4. The largest absolute Gasteiger partial charge is 0.490 e. The number of alkyl halides is 3. The Morgan fingerprint density at radius 2 is 1.81 bits per heavy atom. The molecule has 1 aromatic carbocycles. The van der Waals surface area contributed by atoms with Gasteiger partial charge in [0.2, 0.25) is 0 Å². The zero-order valence-electron chi connectivity index (χ0n) is 22.7. The number of hydrogen-bond donors (Lipinski definition) is 2. The van der Waals surface area contributed by atoms with Gasteiger partial charge in [0.1, 0.15) is 24.2 Å². The summed E-state index contributed by atoms with van der Waals surface area (Å²) < 4.78 is 39.1. The lowest BCUT2D eigenvalue weighted by molar-refractivity contribution is -0.192. The van der Waals surface area contributed by atoms with E-state index in [0.717, 1.165) is 49.7 Å². The Kier molecular flexibility index (Phi) is 9.61. The van der Waals surface area contributed by atoms with E-state index in [1.807, 2.05) is 24.4 Å². The van der Waals surface area contributed by atoms with Crippen LogP contribution >= 0.6 is 0 Å². The third-order valence-electron chi connectivity index (χ3n) is 6.45. The van der Waals surface area contributed by atoms with Crippen molar-refractivity contribution in [3.8, 4) is 22.9 Å². The predicted molar refractivity (Wildman–Crippen MR) is 148 cm³/mol.